The van der Waals surface area contributed by atoms with Gasteiger partial charge < -0.3 is 4.52 Å². The summed E-state index contributed by atoms with van der Waals surface area (Å²) >= 11 is 0. The zero-order valence-corrected chi connectivity index (χ0v) is 13.1. The predicted molar refractivity (Wildman–Crippen MR) is 86.4 cm³/mol. The van der Waals surface area contributed by atoms with Gasteiger partial charge in [0.25, 0.3) is 0 Å². The van der Waals surface area contributed by atoms with Crippen molar-refractivity contribution in [1.82, 2.24) is 15.0 Å². The summed E-state index contributed by atoms with van der Waals surface area (Å²) in [6, 6.07) is 13.8. The smallest absolute Gasteiger partial charge is 0.151 e. The molecule has 2 atom stereocenters. The third kappa shape index (κ3) is 2.69. The maximum Gasteiger partial charge on any atom is 0.151 e. The maximum atomic E-state index is 5.56. The molecule has 0 aliphatic carbocycles. The van der Waals surface area contributed by atoms with Gasteiger partial charge in [-0.1, -0.05) is 35.5 Å². The summed E-state index contributed by atoms with van der Waals surface area (Å²) in [6.45, 7) is 3.18. The molecule has 0 radical (unpaired) electrons. The molecule has 4 rings (SSSR count). The van der Waals surface area contributed by atoms with Crippen LogP contribution < -0.4 is 0 Å². The minimum atomic E-state index is 0.712. The molecule has 2 fully saturated rings. The molecule has 2 aliphatic rings. The van der Waals surface area contributed by atoms with E-state index in [0.29, 0.717) is 6.04 Å². The molecular weight excluding hydrogens is 274 g/mol. The Morgan fingerprint density at radius 1 is 1.14 bits per heavy atom. The molecule has 1 aromatic carbocycles. The van der Waals surface area contributed by atoms with E-state index in [1.165, 1.54) is 19.3 Å². The highest BCUT2D eigenvalue weighted by atomic mass is 16.5. The Kier molecular flexibility index (Phi) is 3.72. The largest absolute Gasteiger partial charge is 0.359 e. The molecule has 22 heavy (non-hydrogen) atoms. The molecule has 116 valence electrons. The monoisotopic (exact) mass is 297 g/mol. The van der Waals surface area contributed by atoms with E-state index in [1.807, 2.05) is 18.2 Å². The molecule has 0 amide bonds. The van der Waals surface area contributed by atoms with Crippen molar-refractivity contribution in [2.45, 2.75) is 37.9 Å². The van der Waals surface area contributed by atoms with E-state index >= 15 is 0 Å². The van der Waals surface area contributed by atoms with Crippen LogP contribution in [-0.2, 0) is 6.54 Å². The summed E-state index contributed by atoms with van der Waals surface area (Å²) in [5, 5.41) is 4.23. The fraction of sp³-hybridized carbons (Fsp3) is 0.500. The Morgan fingerprint density at radius 3 is 2.82 bits per heavy atom. The average molecular weight is 297 g/mol. The van der Waals surface area contributed by atoms with E-state index in [-0.39, 0.29) is 0 Å². The average Bonchev–Trinajstić information content (AvgIpc) is 3.08. The number of hydrogen-bond acceptors (Lipinski definition) is 4. The molecule has 1 aromatic heterocycles. The van der Waals surface area contributed by atoms with E-state index in [9.17, 15) is 0 Å². The molecule has 4 nitrogen and oxygen atoms in total. The maximum absolute atomic E-state index is 5.56. The first-order valence-electron chi connectivity index (χ1n) is 8.25. The fourth-order valence-electron chi connectivity index (χ4n) is 3.88. The van der Waals surface area contributed by atoms with Crippen LogP contribution in [0.5, 0.6) is 0 Å². The first kappa shape index (κ1) is 14.0. The van der Waals surface area contributed by atoms with Crippen molar-refractivity contribution in [2.24, 2.45) is 0 Å². The minimum Gasteiger partial charge on any atom is -0.359 e. The number of benzene rings is 1. The Labute approximate surface area is 131 Å². The van der Waals surface area contributed by atoms with Crippen molar-refractivity contribution < 1.29 is 4.52 Å². The van der Waals surface area contributed by atoms with E-state index in [4.69, 9.17) is 4.52 Å². The van der Waals surface area contributed by atoms with Gasteiger partial charge in [-0.2, -0.15) is 0 Å². The lowest BCUT2D eigenvalue weighted by atomic mass is 10.1. The first-order chi connectivity index (χ1) is 10.8. The van der Waals surface area contributed by atoms with Crippen molar-refractivity contribution in [3.05, 3.63) is 42.2 Å². The molecule has 0 spiro atoms. The van der Waals surface area contributed by atoms with E-state index in [2.05, 4.69) is 40.2 Å². The molecule has 2 saturated heterocycles. The van der Waals surface area contributed by atoms with Gasteiger partial charge in [-0.05, 0) is 26.3 Å². The Hall–Kier alpha value is -1.65. The molecule has 2 bridgehead atoms. The van der Waals surface area contributed by atoms with Gasteiger partial charge in [-0.15, -0.1) is 0 Å². The van der Waals surface area contributed by atoms with Crippen LogP contribution >= 0.6 is 0 Å². The van der Waals surface area contributed by atoms with Gasteiger partial charge in [0.2, 0.25) is 0 Å². The summed E-state index contributed by atoms with van der Waals surface area (Å²) in [5.74, 6) is 0.972. The molecule has 3 heterocycles. The zero-order chi connectivity index (χ0) is 14.9. The second-order valence-corrected chi connectivity index (χ2v) is 6.62. The van der Waals surface area contributed by atoms with E-state index in [0.717, 1.165) is 42.7 Å². The highest BCUT2D eigenvalue weighted by Crippen LogP contribution is 2.29. The summed E-state index contributed by atoms with van der Waals surface area (Å²) in [5.41, 5.74) is 2.05. The van der Waals surface area contributed by atoms with E-state index < -0.39 is 0 Å². The molecule has 4 heteroatoms. The summed E-state index contributed by atoms with van der Waals surface area (Å²) in [4.78, 5) is 5.10. The number of nitrogens with zero attached hydrogens (tertiary/aromatic N) is 3. The first-order valence-corrected chi connectivity index (χ1v) is 8.25. The lowest BCUT2D eigenvalue weighted by molar-refractivity contribution is 0.199. The van der Waals surface area contributed by atoms with Crippen LogP contribution in [0, 0.1) is 0 Å². The number of hydrogen-bond donors (Lipinski definition) is 0. The van der Waals surface area contributed by atoms with Crippen LogP contribution in [0.15, 0.2) is 40.9 Å². The van der Waals surface area contributed by atoms with Crippen molar-refractivity contribution in [1.29, 1.82) is 0 Å². The lowest BCUT2D eigenvalue weighted by Gasteiger charge is -2.24. The number of aromatic nitrogens is 1. The SMILES string of the molecule is CN1[C@H]2CC[C@@H]1CN(Cc1cc(-c3ccccc3)no1)CC2. The number of fused-ring (bicyclic) bond motifs is 2. The topological polar surface area (TPSA) is 32.5 Å². The van der Waals surface area contributed by atoms with Crippen LogP contribution in [0.25, 0.3) is 11.3 Å². The molecular formula is C18H23N3O. The highest BCUT2D eigenvalue weighted by Gasteiger charge is 2.34. The molecule has 0 unspecified atom stereocenters. The van der Waals surface area contributed by atoms with Gasteiger partial charge in [0.15, 0.2) is 5.76 Å². The molecule has 2 aliphatic heterocycles. The minimum absolute atomic E-state index is 0.712. The lowest BCUT2D eigenvalue weighted by Crippen LogP contribution is -2.36. The number of rotatable bonds is 3. The standard InChI is InChI=1S/C18H23N3O/c1-20-15-7-8-16(20)12-21(10-9-15)13-17-11-18(19-22-17)14-5-3-2-4-6-14/h2-6,11,15-16H,7-10,12-13H2,1H3/t15-,16+/m0/s1. The summed E-state index contributed by atoms with van der Waals surface area (Å²) in [6.07, 6.45) is 3.98. The normalized spacial score (nSPS) is 26.2. The Morgan fingerprint density at radius 2 is 1.95 bits per heavy atom. The van der Waals surface area contributed by atoms with Crippen molar-refractivity contribution >= 4 is 0 Å². The van der Waals surface area contributed by atoms with Crippen LogP contribution in [0.1, 0.15) is 25.0 Å². The second-order valence-electron chi connectivity index (χ2n) is 6.62. The van der Waals surface area contributed by atoms with Gasteiger partial charge in [-0.3, -0.25) is 9.80 Å². The van der Waals surface area contributed by atoms with Gasteiger partial charge in [0.05, 0.1) is 6.54 Å². The fourth-order valence-corrected chi connectivity index (χ4v) is 3.88. The van der Waals surface area contributed by atoms with Crippen LogP contribution in [0.3, 0.4) is 0 Å². The molecule has 0 N–H and O–H groups in total. The van der Waals surface area contributed by atoms with Gasteiger partial charge >= 0.3 is 0 Å². The third-order valence-electron chi connectivity index (χ3n) is 5.24. The van der Waals surface area contributed by atoms with Crippen molar-refractivity contribution in [2.75, 3.05) is 20.1 Å². The quantitative estimate of drug-likeness (QED) is 0.872. The predicted octanol–water partition coefficient (Wildman–Crippen LogP) is 3.01. The molecule has 0 saturated carbocycles. The van der Waals surface area contributed by atoms with Crippen molar-refractivity contribution in [3.63, 3.8) is 0 Å². The Balaban J connectivity index is 1.45. The number of likely N-dealkylation sites (tertiary alicyclic amines) is 1. The van der Waals surface area contributed by atoms with E-state index in [1.54, 1.807) is 0 Å². The zero-order valence-electron chi connectivity index (χ0n) is 13.1. The number of likely N-dealkylation sites (N-methyl/N-ethyl adjacent to an activating group) is 1. The van der Waals surface area contributed by atoms with Gasteiger partial charge in [0.1, 0.15) is 5.69 Å². The second kappa shape index (κ2) is 5.86. The third-order valence-corrected chi connectivity index (χ3v) is 5.24. The van der Waals surface area contributed by atoms with Crippen LogP contribution in [-0.4, -0.2) is 47.2 Å². The van der Waals surface area contributed by atoms with Crippen LogP contribution in [0.2, 0.25) is 0 Å². The van der Waals surface area contributed by atoms with Gasteiger partial charge in [-0.25, -0.2) is 0 Å². The summed E-state index contributed by atoms with van der Waals surface area (Å²) < 4.78 is 5.56. The Bertz CT molecular complexity index is 624. The highest BCUT2D eigenvalue weighted by molar-refractivity contribution is 5.58. The van der Waals surface area contributed by atoms with Crippen LogP contribution in [0.4, 0.5) is 0 Å². The summed E-state index contributed by atoms with van der Waals surface area (Å²) in [7, 11) is 2.29. The molecule has 2 aromatic rings. The van der Waals surface area contributed by atoms with Crippen molar-refractivity contribution in [3.8, 4) is 11.3 Å². The van der Waals surface area contributed by atoms with Gasteiger partial charge in [0, 0.05) is 36.8 Å².